The Morgan fingerprint density at radius 3 is 1.31 bits per heavy atom. The molecular formula is C24H44BrP. The van der Waals surface area contributed by atoms with Crippen molar-refractivity contribution in [1.29, 1.82) is 0 Å². The molecule has 0 bridgehead atoms. The molecule has 1 aromatic carbocycles. The van der Waals surface area contributed by atoms with Crippen LogP contribution >= 0.6 is 20.8 Å². The molecule has 0 aromatic heterocycles. The SMILES string of the molecule is CCCCCCP(Br)(CCCCCC)(CCCCCC)c1ccccc1. The van der Waals surface area contributed by atoms with Gasteiger partial charge in [0.05, 0.1) is 0 Å². The molecule has 0 spiro atoms. The molecule has 0 saturated carbocycles. The fraction of sp³-hybridized carbons (Fsp3) is 0.750. The predicted octanol–water partition coefficient (Wildman–Crippen LogP) is 8.92. The molecule has 0 saturated heterocycles. The maximum atomic E-state index is 4.59. The van der Waals surface area contributed by atoms with Gasteiger partial charge >= 0.3 is 173 Å². The summed E-state index contributed by atoms with van der Waals surface area (Å²) in [6.07, 6.45) is 20.8. The van der Waals surface area contributed by atoms with Gasteiger partial charge < -0.3 is 0 Å². The Balaban J connectivity index is 3.00. The molecule has 0 aliphatic heterocycles. The van der Waals surface area contributed by atoms with Crippen LogP contribution < -0.4 is 5.30 Å². The van der Waals surface area contributed by atoms with Crippen molar-refractivity contribution >= 4 is 26.1 Å². The predicted molar refractivity (Wildman–Crippen MR) is 129 cm³/mol. The maximum absolute atomic E-state index is 4.59. The Labute approximate surface area is 172 Å². The summed E-state index contributed by atoms with van der Waals surface area (Å²) in [4.78, 5) is 0. The van der Waals surface area contributed by atoms with Gasteiger partial charge in [-0.15, -0.1) is 0 Å². The van der Waals surface area contributed by atoms with Gasteiger partial charge in [0.25, 0.3) is 0 Å². The van der Waals surface area contributed by atoms with E-state index in [0.717, 1.165) is 0 Å². The molecule has 0 radical (unpaired) electrons. The van der Waals surface area contributed by atoms with E-state index in [4.69, 9.17) is 0 Å². The van der Waals surface area contributed by atoms with Gasteiger partial charge in [-0.1, -0.05) is 0 Å². The summed E-state index contributed by atoms with van der Waals surface area (Å²) in [5.74, 6) is 0. The number of halogens is 1. The first-order valence-electron chi connectivity index (χ1n) is 11.4. The minimum absolute atomic E-state index is 1.33. The van der Waals surface area contributed by atoms with Gasteiger partial charge in [-0.05, 0) is 0 Å². The Hall–Kier alpha value is 0.130. The number of rotatable bonds is 16. The molecule has 0 fully saturated rings. The van der Waals surface area contributed by atoms with Gasteiger partial charge in [0.15, 0.2) is 0 Å². The average Bonchev–Trinajstić information content (AvgIpc) is 2.67. The first-order valence-corrected chi connectivity index (χ1v) is 16.2. The first kappa shape index (κ1) is 24.2. The fourth-order valence-corrected chi connectivity index (χ4v) is 12.4. The Kier molecular flexibility index (Phi) is 12.4. The second-order valence-corrected chi connectivity index (χ2v) is 18.9. The molecule has 26 heavy (non-hydrogen) atoms. The van der Waals surface area contributed by atoms with E-state index in [1.54, 1.807) is 5.30 Å². The molecule has 0 atom stereocenters. The van der Waals surface area contributed by atoms with Crippen LogP contribution in [0.1, 0.15) is 97.8 Å². The van der Waals surface area contributed by atoms with Crippen molar-refractivity contribution < 1.29 is 0 Å². The average molecular weight is 443 g/mol. The molecule has 0 amide bonds. The first-order chi connectivity index (χ1) is 12.6. The Bertz CT molecular complexity index is 422. The second-order valence-electron chi connectivity index (χ2n) is 8.28. The number of benzene rings is 1. The summed E-state index contributed by atoms with van der Waals surface area (Å²) < 4.78 is 0. The molecule has 1 rings (SSSR count). The number of unbranched alkanes of at least 4 members (excludes halogenated alkanes) is 9. The van der Waals surface area contributed by atoms with Gasteiger partial charge in [0.1, 0.15) is 0 Å². The van der Waals surface area contributed by atoms with Crippen molar-refractivity contribution in [1.82, 2.24) is 0 Å². The van der Waals surface area contributed by atoms with Crippen LogP contribution in [-0.4, -0.2) is 18.5 Å². The van der Waals surface area contributed by atoms with Crippen LogP contribution in [-0.2, 0) is 0 Å². The third-order valence-electron chi connectivity index (χ3n) is 5.97. The van der Waals surface area contributed by atoms with Crippen molar-refractivity contribution in [3.8, 4) is 0 Å². The van der Waals surface area contributed by atoms with Gasteiger partial charge in [0.2, 0.25) is 0 Å². The van der Waals surface area contributed by atoms with Crippen molar-refractivity contribution in [3.63, 3.8) is 0 Å². The van der Waals surface area contributed by atoms with Gasteiger partial charge in [-0.25, -0.2) is 0 Å². The van der Waals surface area contributed by atoms with E-state index in [1.165, 1.54) is 95.5 Å². The zero-order valence-electron chi connectivity index (χ0n) is 17.8. The summed E-state index contributed by atoms with van der Waals surface area (Å²) in [5, 5.41) is -0.351. The van der Waals surface area contributed by atoms with Crippen LogP contribution in [0.5, 0.6) is 0 Å². The van der Waals surface area contributed by atoms with Gasteiger partial charge in [-0.3, -0.25) is 0 Å². The molecule has 0 aliphatic rings. The standard InChI is InChI=1S/C24H44BrP/c1-4-7-10-16-21-26(25,22-17-11-8-5-2,23-18-12-9-6-3)24-19-14-13-15-20-24/h13-15,19-20H,4-12,16-18,21-23H2,1-3H3. The number of hydrogen-bond acceptors (Lipinski definition) is 0. The molecular weight excluding hydrogens is 399 g/mol. The zero-order valence-corrected chi connectivity index (χ0v) is 20.3. The van der Waals surface area contributed by atoms with E-state index < -0.39 is 5.31 Å². The Morgan fingerprint density at radius 2 is 0.962 bits per heavy atom. The van der Waals surface area contributed by atoms with E-state index >= 15 is 0 Å². The molecule has 0 unspecified atom stereocenters. The van der Waals surface area contributed by atoms with E-state index in [9.17, 15) is 0 Å². The molecule has 0 N–H and O–H groups in total. The van der Waals surface area contributed by atoms with Crippen molar-refractivity contribution in [3.05, 3.63) is 30.3 Å². The topological polar surface area (TPSA) is 0 Å². The summed E-state index contributed by atoms with van der Waals surface area (Å²) in [7, 11) is 0. The third kappa shape index (κ3) is 8.02. The van der Waals surface area contributed by atoms with Crippen LogP contribution in [0.4, 0.5) is 0 Å². The molecule has 2 heteroatoms. The fourth-order valence-electron chi connectivity index (χ4n) is 4.23. The summed E-state index contributed by atoms with van der Waals surface area (Å²) >= 11 is 4.59. The van der Waals surface area contributed by atoms with Gasteiger partial charge in [0, 0.05) is 0 Å². The normalized spacial score (nSPS) is 13.5. The number of hydrogen-bond donors (Lipinski definition) is 0. The molecule has 1 aromatic rings. The van der Waals surface area contributed by atoms with Gasteiger partial charge in [-0.2, -0.15) is 0 Å². The van der Waals surface area contributed by atoms with Crippen molar-refractivity contribution in [2.24, 2.45) is 0 Å². The molecule has 0 heterocycles. The van der Waals surface area contributed by atoms with E-state index in [1.807, 2.05) is 0 Å². The van der Waals surface area contributed by atoms with Crippen LogP contribution in [0.15, 0.2) is 30.3 Å². The summed E-state index contributed by atoms with van der Waals surface area (Å²) in [6.45, 7) is 6.96. The van der Waals surface area contributed by atoms with Crippen LogP contribution in [0.2, 0.25) is 0 Å². The van der Waals surface area contributed by atoms with Crippen molar-refractivity contribution in [2.45, 2.75) is 97.8 Å². The van der Waals surface area contributed by atoms with Crippen molar-refractivity contribution in [2.75, 3.05) is 18.5 Å². The van der Waals surface area contributed by atoms with E-state index in [-0.39, 0.29) is 0 Å². The van der Waals surface area contributed by atoms with Crippen LogP contribution in [0.3, 0.4) is 0 Å². The summed E-state index contributed by atoms with van der Waals surface area (Å²) in [6, 6.07) is 11.6. The summed E-state index contributed by atoms with van der Waals surface area (Å²) in [5.41, 5.74) is 0. The van der Waals surface area contributed by atoms with E-state index in [0.29, 0.717) is 0 Å². The molecule has 0 nitrogen and oxygen atoms in total. The molecule has 0 aliphatic carbocycles. The monoisotopic (exact) mass is 442 g/mol. The van der Waals surface area contributed by atoms with E-state index in [2.05, 4.69) is 66.6 Å². The zero-order chi connectivity index (χ0) is 19.2. The molecule has 152 valence electrons. The second kappa shape index (κ2) is 13.3. The van der Waals surface area contributed by atoms with Crippen LogP contribution in [0, 0.1) is 0 Å². The third-order valence-corrected chi connectivity index (χ3v) is 16.0. The quantitative estimate of drug-likeness (QED) is 0.177. The minimum atomic E-state index is -2.01. The Morgan fingerprint density at radius 1 is 0.577 bits per heavy atom. The van der Waals surface area contributed by atoms with Crippen LogP contribution in [0.25, 0.3) is 0 Å².